The van der Waals surface area contributed by atoms with Crippen molar-refractivity contribution in [3.63, 3.8) is 0 Å². The van der Waals surface area contributed by atoms with Gasteiger partial charge in [-0.15, -0.1) is 0 Å². The molecule has 0 aliphatic carbocycles. The van der Waals surface area contributed by atoms with Crippen LogP contribution in [0, 0.1) is 5.41 Å². The lowest BCUT2D eigenvalue weighted by Gasteiger charge is -2.14. The number of carbonyl (C=O) groups excluding carboxylic acids is 2. The molecule has 1 unspecified atom stereocenters. The number of anilines is 2. The molecule has 1 aromatic carbocycles. The lowest BCUT2D eigenvalue weighted by Crippen LogP contribution is -2.50. The fourth-order valence-electron chi connectivity index (χ4n) is 4.13. The number of benzene rings is 1. The molecule has 19 heteroatoms. The molecule has 0 aliphatic rings. The molecule has 0 fully saturated rings. The summed E-state index contributed by atoms with van der Waals surface area (Å²) >= 11 is 0. The Balaban J connectivity index is 0.00000177. The molecule has 2 amide bonds. The summed E-state index contributed by atoms with van der Waals surface area (Å²) in [4.78, 5) is 41.7. The van der Waals surface area contributed by atoms with Crippen molar-refractivity contribution in [2.24, 2.45) is 11.5 Å². The lowest BCUT2D eigenvalue weighted by molar-refractivity contribution is -0.140. The number of hydrogen-bond acceptors (Lipinski definition) is 9. The first-order valence-corrected chi connectivity index (χ1v) is 13.2. The summed E-state index contributed by atoms with van der Waals surface area (Å²) in [6.45, 7) is 1.94. The van der Waals surface area contributed by atoms with E-state index in [-0.39, 0.29) is 49.2 Å². The molecule has 4 rings (SSSR count). The number of aromatic nitrogens is 5. The maximum absolute atomic E-state index is 13.4. The molecule has 0 spiro atoms. The molecule has 45 heavy (non-hydrogen) atoms. The monoisotopic (exact) mass is 632 g/mol. The minimum atomic E-state index is -4.64. The van der Waals surface area contributed by atoms with E-state index in [4.69, 9.17) is 26.8 Å². The zero-order valence-corrected chi connectivity index (χ0v) is 23.8. The number of hydrogen-bond donors (Lipinski definition) is 9. The third-order valence-corrected chi connectivity index (χ3v) is 6.17. The molecule has 0 radical (unpaired) electrons. The van der Waals surface area contributed by atoms with Crippen LogP contribution in [0.4, 0.5) is 24.7 Å². The summed E-state index contributed by atoms with van der Waals surface area (Å²) < 4.78 is 41.7. The van der Waals surface area contributed by atoms with E-state index in [0.717, 1.165) is 11.8 Å². The molecule has 11 N–H and O–H groups in total. The van der Waals surface area contributed by atoms with Crippen molar-refractivity contribution in [1.82, 2.24) is 40.5 Å². The van der Waals surface area contributed by atoms with E-state index in [9.17, 15) is 22.8 Å². The number of nitrogens with two attached hydrogens (primary N) is 2. The molecule has 0 bridgehead atoms. The second-order valence-electron chi connectivity index (χ2n) is 9.16. The number of amides is 2. The van der Waals surface area contributed by atoms with Crippen molar-refractivity contribution in [1.29, 1.82) is 5.41 Å². The van der Waals surface area contributed by atoms with E-state index >= 15 is 0 Å². The van der Waals surface area contributed by atoms with Crippen LogP contribution in [-0.2, 0) is 22.2 Å². The van der Waals surface area contributed by atoms with Crippen LogP contribution >= 0.6 is 0 Å². The van der Waals surface area contributed by atoms with Gasteiger partial charge in [0.2, 0.25) is 5.91 Å². The van der Waals surface area contributed by atoms with Crippen LogP contribution in [0.3, 0.4) is 0 Å². The maximum Gasteiger partial charge on any atom is 0.435 e. The predicted molar refractivity (Wildman–Crippen MR) is 157 cm³/mol. The van der Waals surface area contributed by atoms with Crippen molar-refractivity contribution >= 4 is 41.4 Å². The van der Waals surface area contributed by atoms with Gasteiger partial charge in [0.25, 0.3) is 12.4 Å². The first-order valence-electron chi connectivity index (χ1n) is 13.2. The normalized spacial score (nSPS) is 11.6. The first kappa shape index (κ1) is 33.8. The van der Waals surface area contributed by atoms with E-state index in [1.807, 2.05) is 6.92 Å². The number of rotatable bonds is 11. The number of guanidine groups is 1. The third kappa shape index (κ3) is 8.66. The highest BCUT2D eigenvalue weighted by molar-refractivity contribution is 5.96. The quantitative estimate of drug-likeness (QED) is 0.0484. The fourth-order valence-corrected chi connectivity index (χ4v) is 4.13. The minimum absolute atomic E-state index is 0.00289. The van der Waals surface area contributed by atoms with Crippen LogP contribution in [-0.4, -0.2) is 79.6 Å². The van der Waals surface area contributed by atoms with Gasteiger partial charge in [0, 0.05) is 49.5 Å². The van der Waals surface area contributed by atoms with Gasteiger partial charge in [-0.2, -0.15) is 18.3 Å². The summed E-state index contributed by atoms with van der Waals surface area (Å²) in [6.07, 6.45) is 1.29. The maximum atomic E-state index is 13.4. The molecule has 3 heterocycles. The average molecular weight is 633 g/mol. The van der Waals surface area contributed by atoms with Crippen LogP contribution in [0.2, 0.25) is 0 Å². The molecule has 0 aliphatic heterocycles. The van der Waals surface area contributed by atoms with E-state index in [1.54, 1.807) is 18.2 Å². The summed E-state index contributed by atoms with van der Waals surface area (Å²) in [5.74, 6) is -0.793. The lowest BCUT2D eigenvalue weighted by atomic mass is 10.0. The number of imidazole rings is 1. The largest absolute Gasteiger partial charge is 0.483 e. The number of nitrogens with zero attached hydrogens (tertiary/aromatic N) is 4. The molecule has 4 aromatic rings. The zero-order valence-electron chi connectivity index (χ0n) is 23.8. The van der Waals surface area contributed by atoms with Crippen molar-refractivity contribution in [2.75, 3.05) is 25.0 Å². The molecule has 16 nitrogen and oxygen atoms in total. The van der Waals surface area contributed by atoms with Crippen LogP contribution < -0.4 is 32.7 Å². The van der Waals surface area contributed by atoms with Crippen molar-refractivity contribution in [3.05, 3.63) is 59.8 Å². The number of aromatic amines is 1. The Hall–Kier alpha value is -5.72. The van der Waals surface area contributed by atoms with Gasteiger partial charge in [-0.05, 0) is 30.2 Å². The number of alkyl halides is 3. The van der Waals surface area contributed by atoms with E-state index in [1.165, 1.54) is 23.0 Å². The SMILES string of the molecule is CCc1cc(Nc2nccn3c(-c4c[nH]nc4C(F)(F)F)cnc23)ccc1C(=O)NCCNC(=O)C(N)CNC(=N)N.O=CO. The summed E-state index contributed by atoms with van der Waals surface area (Å²) in [7, 11) is 0. The standard InChI is InChI=1S/C25H29F3N12O2.CH2O2/c1-2-13-9-14(3-4-15(13)22(41)33-5-6-34-23(42)17(29)11-36-24(30)31)38-20-21-35-12-18(40(21)8-7-32-20)16-10-37-39-19(16)25(26,27)28;2-1-3/h3-4,7-10,12,17H,2,5-6,11,29H2,1H3,(H,32,38)(H,33,41)(H,34,42)(H,37,39)(H4,30,31,36);1H,(H,2,3). The van der Waals surface area contributed by atoms with Gasteiger partial charge < -0.3 is 37.8 Å². The Morgan fingerprint density at radius 1 is 1.20 bits per heavy atom. The van der Waals surface area contributed by atoms with Gasteiger partial charge in [-0.1, -0.05) is 6.92 Å². The van der Waals surface area contributed by atoms with Crippen LogP contribution in [0.25, 0.3) is 16.9 Å². The molecule has 3 aromatic heterocycles. The van der Waals surface area contributed by atoms with Gasteiger partial charge in [0.1, 0.15) is 6.04 Å². The number of carboxylic acid groups (broad SMARTS) is 1. The number of halogens is 3. The number of H-pyrrole nitrogens is 1. The van der Waals surface area contributed by atoms with Crippen molar-refractivity contribution in [2.45, 2.75) is 25.6 Å². The Kier molecular flexibility index (Phi) is 11.4. The third-order valence-electron chi connectivity index (χ3n) is 6.17. The minimum Gasteiger partial charge on any atom is -0.483 e. The summed E-state index contributed by atoms with van der Waals surface area (Å²) in [6, 6.07) is 4.17. The fraction of sp³-hybridized carbons (Fsp3) is 0.269. The topological polar surface area (TPSA) is 254 Å². The second kappa shape index (κ2) is 15.1. The average Bonchev–Trinajstić information content (AvgIpc) is 3.66. The molecular weight excluding hydrogens is 601 g/mol. The van der Waals surface area contributed by atoms with Crippen LogP contribution in [0.1, 0.15) is 28.5 Å². The number of fused-ring (bicyclic) bond motifs is 1. The van der Waals surface area contributed by atoms with E-state index in [2.05, 4.69) is 41.4 Å². The van der Waals surface area contributed by atoms with Gasteiger partial charge >= 0.3 is 6.18 Å². The van der Waals surface area contributed by atoms with Crippen LogP contribution in [0.15, 0.2) is 43.0 Å². The number of carbonyl (C=O) groups is 3. The van der Waals surface area contributed by atoms with Gasteiger partial charge in [-0.3, -0.25) is 29.3 Å². The highest BCUT2D eigenvalue weighted by Gasteiger charge is 2.37. The zero-order chi connectivity index (χ0) is 33.1. The van der Waals surface area contributed by atoms with Crippen LogP contribution in [0.5, 0.6) is 0 Å². The Morgan fingerprint density at radius 3 is 2.58 bits per heavy atom. The Labute approximate surface area is 253 Å². The van der Waals surface area contributed by atoms with Gasteiger partial charge in [0.15, 0.2) is 23.1 Å². The highest BCUT2D eigenvalue weighted by Crippen LogP contribution is 2.36. The molecule has 240 valence electrons. The number of aryl methyl sites for hydroxylation is 1. The Morgan fingerprint density at radius 2 is 1.91 bits per heavy atom. The van der Waals surface area contributed by atoms with E-state index < -0.39 is 23.8 Å². The van der Waals surface area contributed by atoms with Gasteiger partial charge in [0.05, 0.1) is 17.5 Å². The van der Waals surface area contributed by atoms with Crippen molar-refractivity contribution < 1.29 is 32.7 Å². The molecular formula is C26H31F3N12O4. The Bertz CT molecular complexity index is 1650. The van der Waals surface area contributed by atoms with Gasteiger partial charge in [-0.25, -0.2) is 9.97 Å². The smallest absolute Gasteiger partial charge is 0.435 e. The van der Waals surface area contributed by atoms with Crippen molar-refractivity contribution in [3.8, 4) is 11.3 Å². The predicted octanol–water partition coefficient (Wildman–Crippen LogP) is 0.801. The number of nitrogens with one attached hydrogen (secondary N) is 6. The van der Waals surface area contributed by atoms with E-state index in [0.29, 0.717) is 29.1 Å². The molecule has 0 saturated heterocycles. The highest BCUT2D eigenvalue weighted by atomic mass is 19.4. The first-order chi connectivity index (χ1) is 21.4. The second-order valence-corrected chi connectivity index (χ2v) is 9.16. The summed E-state index contributed by atoms with van der Waals surface area (Å²) in [5.41, 5.74) is 11.9. The summed E-state index contributed by atoms with van der Waals surface area (Å²) in [5, 5.41) is 30.5. The molecule has 0 saturated carbocycles. The molecule has 1 atom stereocenters.